The number of unbranched alkanes of at least 4 members (excludes halogenated alkanes) is 2. The number of pyridine rings is 1. The molecule has 0 saturated carbocycles. The highest BCUT2D eigenvalue weighted by Crippen LogP contribution is 2.15. The van der Waals surface area contributed by atoms with Crippen molar-refractivity contribution in [1.82, 2.24) is 4.98 Å². The Morgan fingerprint density at radius 2 is 1.85 bits per heavy atom. The number of rotatable bonds is 7. The van der Waals surface area contributed by atoms with Crippen LogP contribution in [0.3, 0.4) is 0 Å². The monoisotopic (exact) mass is 332 g/mol. The largest absolute Gasteiger partial charge is 0.381 e. The van der Waals surface area contributed by atoms with E-state index in [4.69, 9.17) is 0 Å². The average molecular weight is 333 g/mol. The zero-order valence-electron chi connectivity index (χ0n) is 11.9. The molecule has 1 aromatic carbocycles. The lowest BCUT2D eigenvalue weighted by atomic mass is 10.1. The number of aryl methyl sites for hydroxylation is 1. The third-order valence-electron chi connectivity index (χ3n) is 3.28. The quantitative estimate of drug-likeness (QED) is 0.706. The number of halogens is 1. The first-order chi connectivity index (χ1) is 9.78. The van der Waals surface area contributed by atoms with Crippen molar-refractivity contribution >= 4 is 21.6 Å². The molecule has 0 aliphatic carbocycles. The van der Waals surface area contributed by atoms with Crippen molar-refractivity contribution in [3.63, 3.8) is 0 Å². The molecule has 2 nitrogen and oxygen atoms in total. The fraction of sp³-hybridized carbons (Fsp3) is 0.353. The highest BCUT2D eigenvalue weighted by molar-refractivity contribution is 9.10. The van der Waals surface area contributed by atoms with Crippen LogP contribution in [0.2, 0.25) is 0 Å². The van der Waals surface area contributed by atoms with Crippen molar-refractivity contribution in [2.45, 2.75) is 39.2 Å². The molecule has 0 radical (unpaired) electrons. The molecule has 0 aliphatic heterocycles. The van der Waals surface area contributed by atoms with Crippen LogP contribution in [0.1, 0.15) is 37.3 Å². The Morgan fingerprint density at radius 1 is 1.05 bits per heavy atom. The summed E-state index contributed by atoms with van der Waals surface area (Å²) in [7, 11) is 0. The molecule has 0 aliphatic rings. The van der Waals surface area contributed by atoms with Gasteiger partial charge < -0.3 is 5.32 Å². The molecule has 0 spiro atoms. The maximum Gasteiger partial charge on any atom is 0.0416 e. The number of anilines is 1. The number of hydrogen-bond acceptors (Lipinski definition) is 2. The van der Waals surface area contributed by atoms with Gasteiger partial charge in [0.05, 0.1) is 0 Å². The Kier molecular flexibility index (Phi) is 6.06. The molecule has 3 heteroatoms. The van der Waals surface area contributed by atoms with E-state index in [9.17, 15) is 0 Å². The lowest BCUT2D eigenvalue weighted by Crippen LogP contribution is -2.00. The number of nitrogens with one attached hydrogen (secondary N) is 1. The smallest absolute Gasteiger partial charge is 0.0416 e. The molecule has 1 heterocycles. The predicted molar refractivity (Wildman–Crippen MR) is 88.9 cm³/mol. The maximum atomic E-state index is 4.17. The van der Waals surface area contributed by atoms with E-state index in [-0.39, 0.29) is 0 Å². The van der Waals surface area contributed by atoms with E-state index in [2.05, 4.69) is 63.5 Å². The minimum atomic E-state index is 0.793. The van der Waals surface area contributed by atoms with Crippen LogP contribution < -0.4 is 5.32 Å². The van der Waals surface area contributed by atoms with Gasteiger partial charge >= 0.3 is 0 Å². The summed E-state index contributed by atoms with van der Waals surface area (Å²) < 4.78 is 1.02. The Hall–Kier alpha value is -1.35. The molecule has 0 amide bonds. The first-order valence-corrected chi connectivity index (χ1v) is 7.99. The molecular formula is C17H21BrN2. The van der Waals surface area contributed by atoms with E-state index in [1.54, 1.807) is 6.20 Å². The Labute approximate surface area is 129 Å². The summed E-state index contributed by atoms with van der Waals surface area (Å²) in [5.41, 5.74) is 3.75. The molecule has 2 rings (SSSR count). The third-order valence-corrected chi connectivity index (χ3v) is 3.71. The summed E-state index contributed by atoms with van der Waals surface area (Å²) in [6.45, 7) is 3.03. The van der Waals surface area contributed by atoms with Crippen LogP contribution in [-0.2, 0) is 13.0 Å². The van der Waals surface area contributed by atoms with E-state index < -0.39 is 0 Å². The molecule has 0 saturated heterocycles. The van der Waals surface area contributed by atoms with Gasteiger partial charge in [-0.25, -0.2) is 0 Å². The molecule has 2 aromatic rings. The predicted octanol–water partition coefficient (Wildman–Crippen LogP) is 5.19. The van der Waals surface area contributed by atoms with Crippen LogP contribution in [0.5, 0.6) is 0 Å². The van der Waals surface area contributed by atoms with Crippen molar-refractivity contribution in [3.05, 3.63) is 58.3 Å². The van der Waals surface area contributed by atoms with Crippen molar-refractivity contribution in [3.8, 4) is 0 Å². The summed E-state index contributed by atoms with van der Waals surface area (Å²) in [6.07, 6.45) is 8.75. The molecule has 106 valence electrons. The van der Waals surface area contributed by atoms with Crippen LogP contribution in [0, 0.1) is 0 Å². The molecule has 20 heavy (non-hydrogen) atoms. The standard InChI is InChI=1S/C17H21BrN2/c1-2-3-4-5-14-6-8-17(9-7-14)20-12-15-10-16(18)13-19-11-15/h6-11,13,20H,2-5,12H2,1H3. The Balaban J connectivity index is 1.84. The number of hydrogen-bond donors (Lipinski definition) is 1. The van der Waals surface area contributed by atoms with Gasteiger partial charge in [-0.1, -0.05) is 31.9 Å². The van der Waals surface area contributed by atoms with E-state index in [1.807, 2.05) is 6.20 Å². The zero-order valence-corrected chi connectivity index (χ0v) is 13.5. The summed E-state index contributed by atoms with van der Waals surface area (Å²) in [6, 6.07) is 10.8. The van der Waals surface area contributed by atoms with Gasteiger partial charge in [0.25, 0.3) is 0 Å². The van der Waals surface area contributed by atoms with E-state index >= 15 is 0 Å². The second-order valence-corrected chi connectivity index (χ2v) is 5.93. The van der Waals surface area contributed by atoms with Gasteiger partial charge in [0.1, 0.15) is 0 Å². The molecular weight excluding hydrogens is 312 g/mol. The molecule has 0 fully saturated rings. The fourth-order valence-corrected chi connectivity index (χ4v) is 2.54. The molecule has 0 bridgehead atoms. The number of benzene rings is 1. The van der Waals surface area contributed by atoms with Crippen LogP contribution in [0.4, 0.5) is 5.69 Å². The Morgan fingerprint density at radius 3 is 2.55 bits per heavy atom. The highest BCUT2D eigenvalue weighted by Gasteiger charge is 1.97. The van der Waals surface area contributed by atoms with Crippen LogP contribution in [0.25, 0.3) is 0 Å². The summed E-state index contributed by atoms with van der Waals surface area (Å²) in [5.74, 6) is 0. The van der Waals surface area contributed by atoms with Crippen molar-refractivity contribution in [2.75, 3.05) is 5.32 Å². The molecule has 0 unspecified atom stereocenters. The van der Waals surface area contributed by atoms with Gasteiger partial charge in [-0.15, -0.1) is 0 Å². The van der Waals surface area contributed by atoms with Crippen molar-refractivity contribution in [2.24, 2.45) is 0 Å². The summed E-state index contributed by atoms with van der Waals surface area (Å²) in [4.78, 5) is 4.17. The van der Waals surface area contributed by atoms with Crippen LogP contribution in [-0.4, -0.2) is 4.98 Å². The normalized spacial score (nSPS) is 10.5. The maximum absolute atomic E-state index is 4.17. The lowest BCUT2D eigenvalue weighted by molar-refractivity contribution is 0.717. The van der Waals surface area contributed by atoms with Crippen molar-refractivity contribution < 1.29 is 0 Å². The second-order valence-electron chi connectivity index (χ2n) is 5.02. The first kappa shape index (κ1) is 15.0. The van der Waals surface area contributed by atoms with Gasteiger partial charge in [-0.3, -0.25) is 4.98 Å². The first-order valence-electron chi connectivity index (χ1n) is 7.20. The van der Waals surface area contributed by atoms with E-state index in [1.165, 1.54) is 36.8 Å². The minimum absolute atomic E-state index is 0.793. The minimum Gasteiger partial charge on any atom is -0.381 e. The summed E-state index contributed by atoms with van der Waals surface area (Å²) >= 11 is 3.44. The van der Waals surface area contributed by atoms with E-state index in [0.717, 1.165) is 16.7 Å². The average Bonchev–Trinajstić information content (AvgIpc) is 2.47. The van der Waals surface area contributed by atoms with Gasteiger partial charge in [0.2, 0.25) is 0 Å². The number of nitrogens with zero attached hydrogens (tertiary/aromatic N) is 1. The topological polar surface area (TPSA) is 24.9 Å². The van der Waals surface area contributed by atoms with Crippen molar-refractivity contribution in [1.29, 1.82) is 0 Å². The van der Waals surface area contributed by atoms with Gasteiger partial charge in [-0.2, -0.15) is 0 Å². The van der Waals surface area contributed by atoms with E-state index in [0.29, 0.717) is 0 Å². The molecule has 1 N–H and O–H groups in total. The Bertz CT molecular complexity index is 523. The van der Waals surface area contributed by atoms with Crippen LogP contribution >= 0.6 is 15.9 Å². The zero-order chi connectivity index (χ0) is 14.2. The second kappa shape index (κ2) is 8.05. The molecule has 0 atom stereocenters. The lowest BCUT2D eigenvalue weighted by Gasteiger charge is -2.08. The third kappa shape index (κ3) is 4.97. The summed E-state index contributed by atoms with van der Waals surface area (Å²) in [5, 5.41) is 3.42. The molecule has 1 aromatic heterocycles. The fourth-order valence-electron chi connectivity index (χ4n) is 2.13. The van der Waals surface area contributed by atoms with Gasteiger partial charge in [0.15, 0.2) is 0 Å². The highest BCUT2D eigenvalue weighted by atomic mass is 79.9. The number of aromatic nitrogens is 1. The van der Waals surface area contributed by atoms with Gasteiger partial charge in [0, 0.05) is 29.1 Å². The van der Waals surface area contributed by atoms with Gasteiger partial charge in [-0.05, 0) is 58.1 Å². The SMILES string of the molecule is CCCCCc1ccc(NCc2cncc(Br)c2)cc1. The van der Waals surface area contributed by atoms with Crippen LogP contribution in [0.15, 0.2) is 47.2 Å².